The number of rotatable bonds is 5. The fourth-order valence-corrected chi connectivity index (χ4v) is 4.46. The van der Waals surface area contributed by atoms with Crippen molar-refractivity contribution in [2.75, 3.05) is 24.2 Å². The van der Waals surface area contributed by atoms with Crippen LogP contribution >= 0.6 is 11.6 Å². The van der Waals surface area contributed by atoms with E-state index in [4.69, 9.17) is 11.6 Å². The zero-order valence-corrected chi connectivity index (χ0v) is 15.1. The van der Waals surface area contributed by atoms with Crippen molar-refractivity contribution >= 4 is 33.2 Å². The van der Waals surface area contributed by atoms with E-state index in [1.807, 2.05) is 19.9 Å². The average Bonchev–Trinajstić information content (AvgIpc) is 2.51. The highest BCUT2D eigenvalue weighted by molar-refractivity contribution is 7.89. The average molecular weight is 359 g/mol. The second-order valence-corrected chi connectivity index (χ2v) is 8.46. The highest BCUT2D eigenvalue weighted by Crippen LogP contribution is 2.24. The molecule has 0 unspecified atom stereocenters. The van der Waals surface area contributed by atoms with E-state index in [9.17, 15) is 13.2 Å². The highest BCUT2D eigenvalue weighted by atomic mass is 35.5. The minimum absolute atomic E-state index is 0.0668. The number of aryl methyl sites for hydroxylation is 1. The molecule has 0 bridgehead atoms. The topological polar surface area (TPSA) is 66.5 Å². The maximum atomic E-state index is 12.4. The maximum Gasteiger partial charge on any atom is 0.227 e. The number of amides is 1. The molecule has 0 saturated carbocycles. The van der Waals surface area contributed by atoms with Gasteiger partial charge in [0.25, 0.3) is 0 Å². The van der Waals surface area contributed by atoms with Crippen LogP contribution in [0.15, 0.2) is 18.2 Å². The Morgan fingerprint density at radius 1 is 1.35 bits per heavy atom. The van der Waals surface area contributed by atoms with Crippen LogP contribution in [0.2, 0.25) is 5.02 Å². The van der Waals surface area contributed by atoms with Crippen molar-refractivity contribution in [3.05, 3.63) is 28.8 Å². The van der Waals surface area contributed by atoms with Crippen LogP contribution in [0.1, 0.15) is 31.7 Å². The van der Waals surface area contributed by atoms with Gasteiger partial charge in [-0.1, -0.05) is 24.6 Å². The smallest absolute Gasteiger partial charge is 0.227 e. The van der Waals surface area contributed by atoms with E-state index in [1.165, 1.54) is 4.31 Å². The molecule has 0 spiro atoms. The number of carbonyl (C=O) groups is 1. The second kappa shape index (κ2) is 7.64. The largest absolute Gasteiger partial charge is 0.326 e. The third-order valence-corrected chi connectivity index (χ3v) is 6.45. The standard InChI is InChI=1S/C16H23ClN2O3S/c1-3-10-23(21,22)19-8-6-13(7-9-19)16(20)18-15-11-14(17)5-4-12(15)2/h4-5,11,13H,3,6-10H2,1-2H3,(H,18,20). The summed E-state index contributed by atoms with van der Waals surface area (Å²) in [5, 5.41) is 3.48. The first-order valence-corrected chi connectivity index (χ1v) is 9.87. The van der Waals surface area contributed by atoms with Crippen LogP contribution < -0.4 is 5.32 Å². The number of carbonyl (C=O) groups excluding carboxylic acids is 1. The summed E-state index contributed by atoms with van der Waals surface area (Å²) in [5.41, 5.74) is 1.66. The Morgan fingerprint density at radius 3 is 2.61 bits per heavy atom. The lowest BCUT2D eigenvalue weighted by atomic mass is 9.97. The lowest BCUT2D eigenvalue weighted by molar-refractivity contribution is -0.120. The molecule has 128 valence electrons. The first kappa shape index (κ1) is 18.2. The summed E-state index contributed by atoms with van der Waals surface area (Å²) in [4.78, 5) is 12.4. The Kier molecular flexibility index (Phi) is 6.06. The predicted octanol–water partition coefficient (Wildman–Crippen LogP) is 3.04. The SMILES string of the molecule is CCCS(=O)(=O)N1CCC(C(=O)Nc2cc(Cl)ccc2C)CC1. The Bertz CT molecular complexity index is 668. The number of benzene rings is 1. The summed E-state index contributed by atoms with van der Waals surface area (Å²) in [5.74, 6) is -0.0599. The summed E-state index contributed by atoms with van der Waals surface area (Å²) < 4.78 is 25.6. The molecule has 1 fully saturated rings. The number of nitrogens with zero attached hydrogens (tertiary/aromatic N) is 1. The maximum absolute atomic E-state index is 12.4. The van der Waals surface area contributed by atoms with Gasteiger partial charge >= 0.3 is 0 Å². The summed E-state index contributed by atoms with van der Waals surface area (Å²) in [6, 6.07) is 5.37. The van der Waals surface area contributed by atoms with Crippen molar-refractivity contribution < 1.29 is 13.2 Å². The molecule has 5 nitrogen and oxygen atoms in total. The van der Waals surface area contributed by atoms with Gasteiger partial charge in [-0.2, -0.15) is 0 Å². The summed E-state index contributed by atoms with van der Waals surface area (Å²) in [7, 11) is -3.17. The van der Waals surface area contributed by atoms with Gasteiger partial charge in [0.1, 0.15) is 0 Å². The molecule has 0 aromatic heterocycles. The van der Waals surface area contributed by atoms with Gasteiger partial charge in [-0.3, -0.25) is 4.79 Å². The molecular formula is C16H23ClN2O3S. The van der Waals surface area contributed by atoms with E-state index in [2.05, 4.69) is 5.32 Å². The van der Waals surface area contributed by atoms with E-state index in [-0.39, 0.29) is 17.6 Å². The van der Waals surface area contributed by atoms with Crippen molar-refractivity contribution in [2.45, 2.75) is 33.1 Å². The molecule has 1 saturated heterocycles. The number of hydrogen-bond donors (Lipinski definition) is 1. The number of hydrogen-bond acceptors (Lipinski definition) is 3. The zero-order valence-electron chi connectivity index (χ0n) is 13.5. The molecule has 1 aromatic carbocycles. The van der Waals surface area contributed by atoms with Crippen LogP contribution in [0.5, 0.6) is 0 Å². The Hall–Kier alpha value is -1.11. The van der Waals surface area contributed by atoms with Gasteiger partial charge in [0.2, 0.25) is 15.9 Å². The molecule has 1 aliphatic rings. The molecule has 0 atom stereocenters. The van der Waals surface area contributed by atoms with Gasteiger partial charge in [-0.25, -0.2) is 12.7 Å². The molecule has 1 N–H and O–H groups in total. The molecule has 7 heteroatoms. The van der Waals surface area contributed by atoms with Gasteiger partial charge in [-0.05, 0) is 43.9 Å². The molecular weight excluding hydrogens is 336 g/mol. The van der Waals surface area contributed by atoms with Crippen LogP contribution in [0, 0.1) is 12.8 Å². The molecule has 0 radical (unpaired) electrons. The van der Waals surface area contributed by atoms with Gasteiger partial charge in [0.05, 0.1) is 5.75 Å². The highest BCUT2D eigenvalue weighted by Gasteiger charge is 2.30. The third kappa shape index (κ3) is 4.68. The first-order valence-electron chi connectivity index (χ1n) is 7.88. The van der Waals surface area contributed by atoms with Crippen LogP contribution in [0.4, 0.5) is 5.69 Å². The van der Waals surface area contributed by atoms with Crippen LogP contribution in [-0.2, 0) is 14.8 Å². The monoisotopic (exact) mass is 358 g/mol. The lowest BCUT2D eigenvalue weighted by Gasteiger charge is -2.30. The number of piperidine rings is 1. The number of sulfonamides is 1. The Balaban J connectivity index is 1.95. The number of nitrogens with one attached hydrogen (secondary N) is 1. The molecule has 1 aromatic rings. The van der Waals surface area contributed by atoms with E-state index in [0.29, 0.717) is 43.1 Å². The first-order chi connectivity index (χ1) is 10.8. The molecule has 0 aliphatic carbocycles. The molecule has 1 heterocycles. The van der Waals surface area contributed by atoms with Crippen LogP contribution in [0.3, 0.4) is 0 Å². The molecule has 1 amide bonds. The van der Waals surface area contributed by atoms with Gasteiger partial charge < -0.3 is 5.32 Å². The minimum Gasteiger partial charge on any atom is -0.326 e. The van der Waals surface area contributed by atoms with Crippen molar-refractivity contribution in [3.8, 4) is 0 Å². The quantitative estimate of drug-likeness (QED) is 0.879. The summed E-state index contributed by atoms with van der Waals surface area (Å²) >= 11 is 5.96. The van der Waals surface area contributed by atoms with E-state index < -0.39 is 10.0 Å². The zero-order chi connectivity index (χ0) is 17.0. The molecule has 2 rings (SSSR count). The van der Waals surface area contributed by atoms with Crippen molar-refractivity contribution in [1.82, 2.24) is 4.31 Å². The van der Waals surface area contributed by atoms with Gasteiger partial charge in [-0.15, -0.1) is 0 Å². The van der Waals surface area contributed by atoms with Crippen molar-refractivity contribution in [1.29, 1.82) is 0 Å². The fraction of sp³-hybridized carbons (Fsp3) is 0.562. The Morgan fingerprint density at radius 2 is 2.00 bits per heavy atom. The van der Waals surface area contributed by atoms with Gasteiger partial charge in [0, 0.05) is 29.7 Å². The molecule has 23 heavy (non-hydrogen) atoms. The van der Waals surface area contributed by atoms with Crippen molar-refractivity contribution in [3.63, 3.8) is 0 Å². The fourth-order valence-electron chi connectivity index (χ4n) is 2.75. The van der Waals surface area contributed by atoms with Crippen LogP contribution in [-0.4, -0.2) is 37.5 Å². The Labute approximate surface area is 143 Å². The van der Waals surface area contributed by atoms with Crippen molar-refractivity contribution in [2.24, 2.45) is 5.92 Å². The lowest BCUT2D eigenvalue weighted by Crippen LogP contribution is -2.42. The van der Waals surface area contributed by atoms with E-state index in [0.717, 1.165) is 5.56 Å². The van der Waals surface area contributed by atoms with Crippen LogP contribution in [0.25, 0.3) is 0 Å². The van der Waals surface area contributed by atoms with E-state index in [1.54, 1.807) is 12.1 Å². The third-order valence-electron chi connectivity index (χ3n) is 4.14. The van der Waals surface area contributed by atoms with Gasteiger partial charge in [0.15, 0.2) is 0 Å². The normalized spacial score (nSPS) is 17.2. The number of halogens is 1. The predicted molar refractivity (Wildman–Crippen MR) is 93.2 cm³/mol. The minimum atomic E-state index is -3.17. The second-order valence-electron chi connectivity index (χ2n) is 5.94. The molecule has 1 aliphatic heterocycles. The van der Waals surface area contributed by atoms with E-state index >= 15 is 0 Å². The number of anilines is 1. The summed E-state index contributed by atoms with van der Waals surface area (Å²) in [6.07, 6.45) is 1.71. The summed E-state index contributed by atoms with van der Waals surface area (Å²) in [6.45, 7) is 4.58.